The van der Waals surface area contributed by atoms with Crippen molar-refractivity contribution < 1.29 is 38.5 Å². The predicted octanol–water partition coefficient (Wildman–Crippen LogP) is 0.976. The molecule has 11 heteroatoms. The van der Waals surface area contributed by atoms with Crippen molar-refractivity contribution >= 4 is 23.9 Å². The molecule has 11 nitrogen and oxygen atoms in total. The summed E-state index contributed by atoms with van der Waals surface area (Å²) in [7, 11) is 3.36. The Hall–Kier alpha value is -3.61. The van der Waals surface area contributed by atoms with Crippen molar-refractivity contribution in [2.75, 3.05) is 27.2 Å². The van der Waals surface area contributed by atoms with Crippen LogP contribution in [-0.2, 0) is 52.8 Å². The molecule has 3 heterocycles. The number of nitrogens with zero attached hydrogens (tertiary/aromatic N) is 2. The van der Waals surface area contributed by atoms with E-state index >= 15 is 0 Å². The van der Waals surface area contributed by atoms with Gasteiger partial charge in [0, 0.05) is 46.0 Å². The van der Waals surface area contributed by atoms with Gasteiger partial charge in [0.2, 0.25) is 11.8 Å². The molecule has 43 heavy (non-hydrogen) atoms. The number of carbonyl (C=O) groups is 3. The monoisotopic (exact) mass is 589 g/mol. The second-order valence-electron chi connectivity index (χ2n) is 12.2. The quantitative estimate of drug-likeness (QED) is 0.359. The highest BCUT2D eigenvalue weighted by Crippen LogP contribution is 2.58. The van der Waals surface area contributed by atoms with Gasteiger partial charge < -0.3 is 29.5 Å². The van der Waals surface area contributed by atoms with Crippen molar-refractivity contribution in [1.29, 1.82) is 0 Å². The van der Waals surface area contributed by atoms with Crippen LogP contribution in [0.15, 0.2) is 54.6 Å². The molecule has 2 N–H and O–H groups in total. The van der Waals surface area contributed by atoms with Gasteiger partial charge in [0.05, 0.1) is 13.2 Å². The van der Waals surface area contributed by atoms with E-state index < -0.39 is 47.6 Å². The highest BCUT2D eigenvalue weighted by Gasteiger charge is 2.76. The van der Waals surface area contributed by atoms with Crippen LogP contribution in [0.4, 0.5) is 0 Å². The number of carbonyl (C=O) groups excluding carboxylic acids is 3. The number of amides is 2. The number of hydrogen-bond acceptors (Lipinski definition) is 9. The Bertz CT molecular complexity index is 1470. The minimum Gasteiger partial charge on any atom is -0.458 e. The van der Waals surface area contributed by atoms with Crippen LogP contribution in [-0.4, -0.2) is 96.3 Å². The van der Waals surface area contributed by atoms with Gasteiger partial charge in [-0.1, -0.05) is 48.5 Å². The zero-order valence-corrected chi connectivity index (χ0v) is 24.1. The van der Waals surface area contributed by atoms with Crippen molar-refractivity contribution in [2.24, 2.45) is 5.41 Å². The molecule has 4 fully saturated rings. The van der Waals surface area contributed by atoms with Gasteiger partial charge in [-0.25, -0.2) is 0 Å². The van der Waals surface area contributed by atoms with Crippen molar-refractivity contribution in [3.8, 4) is 0 Å². The van der Waals surface area contributed by atoms with Crippen LogP contribution in [0.25, 0.3) is 6.08 Å². The minimum absolute atomic E-state index is 0.0397. The number of ether oxygens (including phenoxy) is 3. The summed E-state index contributed by atoms with van der Waals surface area (Å²) >= 11 is 0. The van der Waals surface area contributed by atoms with Crippen molar-refractivity contribution in [1.82, 2.24) is 15.3 Å². The first-order valence-corrected chi connectivity index (χ1v) is 14.7. The lowest BCUT2D eigenvalue weighted by Crippen LogP contribution is -2.69. The Morgan fingerprint density at radius 1 is 1.07 bits per heavy atom. The average molecular weight is 590 g/mol. The lowest BCUT2D eigenvalue weighted by atomic mass is 9.62. The summed E-state index contributed by atoms with van der Waals surface area (Å²) < 4.78 is 19.4. The number of nitrogens with one attached hydrogen (secondary N) is 1. The Morgan fingerprint density at radius 2 is 1.77 bits per heavy atom. The van der Waals surface area contributed by atoms with Crippen LogP contribution in [0, 0.1) is 5.41 Å². The van der Waals surface area contributed by atoms with Gasteiger partial charge in [0.25, 0.3) is 0 Å². The van der Waals surface area contributed by atoms with Gasteiger partial charge in [-0.2, -0.15) is 5.06 Å². The summed E-state index contributed by atoms with van der Waals surface area (Å²) in [6.07, 6.45) is 1.73. The molecule has 2 aromatic rings. The Kier molecular flexibility index (Phi) is 6.90. The summed E-state index contributed by atoms with van der Waals surface area (Å²) in [6, 6.07) is 14.5. The largest absolute Gasteiger partial charge is 0.458 e. The molecule has 7 rings (SSSR count). The van der Waals surface area contributed by atoms with Crippen molar-refractivity contribution in [2.45, 2.75) is 62.1 Å². The Balaban J connectivity index is 1.24. The van der Waals surface area contributed by atoms with Crippen LogP contribution >= 0.6 is 0 Å². The Labute approximate surface area is 249 Å². The first kappa shape index (κ1) is 28.2. The third-order valence-electron chi connectivity index (χ3n) is 9.34. The van der Waals surface area contributed by atoms with Gasteiger partial charge in [-0.15, -0.1) is 0 Å². The molecular weight excluding hydrogens is 554 g/mol. The number of esters is 1. The maximum atomic E-state index is 14.0. The smallest absolute Gasteiger partial charge is 0.327 e. The van der Waals surface area contributed by atoms with E-state index in [1.54, 1.807) is 20.2 Å². The van der Waals surface area contributed by atoms with Gasteiger partial charge >= 0.3 is 5.97 Å². The van der Waals surface area contributed by atoms with E-state index in [1.807, 2.05) is 36.4 Å². The third kappa shape index (κ3) is 4.49. The fourth-order valence-electron chi connectivity index (χ4n) is 7.41. The summed E-state index contributed by atoms with van der Waals surface area (Å²) in [5.74, 6) is -2.05. The molecule has 0 radical (unpaired) electrons. The van der Waals surface area contributed by atoms with E-state index in [9.17, 15) is 19.5 Å². The molecule has 6 atom stereocenters. The SMILES string of the molecule is CN(C)C(=O)C=Cc1ccccc1CN1OC2C3OC4(Cc5ccccc5C4)OC3C3CC2(C(=O)NCCO)C1C(=O)O3. The maximum Gasteiger partial charge on any atom is 0.327 e. The standard InChI is InChI=1S/C32H35N3O8/c1-34(2)24(37)12-11-19-7-3-6-10-22(19)18-35-27-29(38)40-23-17-32(27,30(39)33-13-14-36)28(43-35)26-25(23)41-31(42-26)15-20-8-4-5-9-21(20)16-31/h3-12,23,25-28,36H,13-18H2,1-2H3,(H,33,39). The molecule has 2 bridgehead atoms. The zero-order valence-electron chi connectivity index (χ0n) is 24.1. The van der Waals surface area contributed by atoms with Crippen LogP contribution in [0.5, 0.6) is 0 Å². The van der Waals surface area contributed by atoms with E-state index in [0.717, 1.165) is 22.3 Å². The van der Waals surface area contributed by atoms with Gasteiger partial charge in [0.15, 0.2) is 11.8 Å². The molecule has 226 valence electrons. The topological polar surface area (TPSA) is 127 Å². The molecule has 1 spiro atoms. The number of hydrogen-bond donors (Lipinski definition) is 2. The summed E-state index contributed by atoms with van der Waals surface area (Å²) in [5.41, 5.74) is 2.54. The summed E-state index contributed by atoms with van der Waals surface area (Å²) in [5, 5.41) is 13.8. The predicted molar refractivity (Wildman–Crippen MR) is 152 cm³/mol. The number of aliphatic hydroxyl groups excluding tert-OH is 1. The zero-order chi connectivity index (χ0) is 29.9. The molecule has 2 amide bonds. The number of aliphatic hydroxyl groups is 1. The first-order valence-electron chi connectivity index (χ1n) is 14.7. The minimum atomic E-state index is -1.32. The summed E-state index contributed by atoms with van der Waals surface area (Å²) in [6.45, 7) is -0.0482. The fraction of sp³-hybridized carbons (Fsp3) is 0.469. The van der Waals surface area contributed by atoms with E-state index in [4.69, 9.17) is 19.0 Å². The normalized spacial score (nSPS) is 31.6. The van der Waals surface area contributed by atoms with Crippen molar-refractivity contribution in [3.05, 3.63) is 76.9 Å². The third-order valence-corrected chi connectivity index (χ3v) is 9.34. The maximum absolute atomic E-state index is 14.0. The van der Waals surface area contributed by atoms with Gasteiger partial charge in [-0.05, 0) is 28.3 Å². The van der Waals surface area contributed by atoms with Crippen LogP contribution < -0.4 is 5.32 Å². The molecule has 1 saturated carbocycles. The number of likely N-dealkylation sites (N-methyl/N-ethyl adjacent to an activating group) is 1. The molecule has 0 aromatic heterocycles. The van der Waals surface area contributed by atoms with Gasteiger partial charge in [-0.3, -0.25) is 19.2 Å². The fourth-order valence-corrected chi connectivity index (χ4v) is 7.41. The molecule has 6 unspecified atom stereocenters. The Morgan fingerprint density at radius 3 is 2.49 bits per heavy atom. The molecule has 3 aliphatic heterocycles. The van der Waals surface area contributed by atoms with Crippen molar-refractivity contribution in [3.63, 3.8) is 0 Å². The molecule has 5 aliphatic rings. The number of benzene rings is 2. The van der Waals surface area contributed by atoms with Crippen LogP contribution in [0.3, 0.4) is 0 Å². The second kappa shape index (κ2) is 10.5. The van der Waals surface area contributed by atoms with Crippen LogP contribution in [0.1, 0.15) is 28.7 Å². The van der Waals surface area contributed by atoms with Gasteiger partial charge in [0.1, 0.15) is 29.8 Å². The number of rotatable bonds is 7. The molecular formula is C32H35N3O8. The first-order chi connectivity index (χ1) is 20.7. The second-order valence-corrected chi connectivity index (χ2v) is 12.2. The number of fused-ring (bicyclic) bond motifs is 5. The summed E-state index contributed by atoms with van der Waals surface area (Å²) in [4.78, 5) is 48.1. The van der Waals surface area contributed by atoms with E-state index in [0.29, 0.717) is 12.8 Å². The van der Waals surface area contributed by atoms with Crippen LogP contribution in [0.2, 0.25) is 0 Å². The highest BCUT2D eigenvalue weighted by atomic mass is 16.8. The lowest BCUT2D eigenvalue weighted by Gasteiger charge is -2.48. The molecule has 2 aliphatic carbocycles. The number of hydroxylamine groups is 2. The average Bonchev–Trinajstić information content (AvgIpc) is 3.66. The van der Waals surface area contributed by atoms with E-state index in [2.05, 4.69) is 17.4 Å². The molecule has 3 saturated heterocycles. The molecule has 2 aromatic carbocycles. The van der Waals surface area contributed by atoms with E-state index in [-0.39, 0.29) is 37.9 Å². The highest BCUT2D eigenvalue weighted by molar-refractivity contribution is 5.94. The lowest BCUT2D eigenvalue weighted by molar-refractivity contribution is -0.217. The van der Waals surface area contributed by atoms with E-state index in [1.165, 1.54) is 16.0 Å².